The number of Topliss-reactive ketones (excluding diaryl/α,β-unsaturated/α-hetero) is 1. The molecule has 3 aliphatic carbocycles. The Morgan fingerprint density at radius 2 is 1.36 bits per heavy atom. The zero-order chi connectivity index (χ0) is 34.9. The van der Waals surface area contributed by atoms with Gasteiger partial charge in [-0.15, -0.1) is 0 Å². The number of carbonyl (C=O) groups excluding carboxylic acids is 1. The molecule has 3 heteroatoms. The Labute approximate surface area is 299 Å². The average molecular weight is 663 g/mol. The first-order chi connectivity index (χ1) is 24.4. The van der Waals surface area contributed by atoms with Gasteiger partial charge >= 0.3 is 0 Å². The third-order valence-corrected chi connectivity index (χ3v) is 11.0. The van der Waals surface area contributed by atoms with Crippen molar-refractivity contribution in [2.24, 2.45) is 7.05 Å². The molecule has 50 heavy (non-hydrogen) atoms. The Kier molecular flexibility index (Phi) is 11.5. The van der Waals surface area contributed by atoms with Crippen molar-refractivity contribution in [2.45, 2.75) is 95.8 Å². The number of nitrogens with zero attached hydrogens (tertiary/aromatic N) is 1. The molecule has 1 N–H and O–H groups in total. The van der Waals surface area contributed by atoms with E-state index in [0.717, 1.165) is 25.7 Å². The Balaban J connectivity index is 0.000000136. The van der Waals surface area contributed by atoms with Crippen LogP contribution in [0.2, 0.25) is 0 Å². The molecule has 6 aromatic rings. The lowest BCUT2D eigenvalue weighted by Gasteiger charge is -2.35. The predicted molar refractivity (Wildman–Crippen MR) is 213 cm³/mol. The van der Waals surface area contributed by atoms with Crippen LogP contribution < -0.4 is 0 Å². The zero-order valence-corrected chi connectivity index (χ0v) is 30.4. The molecule has 1 spiro atoms. The summed E-state index contributed by atoms with van der Waals surface area (Å²) in [5.41, 5.74) is 11.5. The van der Waals surface area contributed by atoms with Crippen LogP contribution in [0.3, 0.4) is 0 Å². The number of H-pyrrole nitrogens is 1. The molecule has 0 radical (unpaired) electrons. The summed E-state index contributed by atoms with van der Waals surface area (Å²) in [6.07, 6.45) is 17.4. The molecule has 2 aromatic heterocycles. The molecule has 2 fully saturated rings. The molecule has 258 valence electrons. The van der Waals surface area contributed by atoms with Gasteiger partial charge in [-0.1, -0.05) is 134 Å². The normalized spacial score (nSPS) is 17.5. The number of benzene rings is 4. The first-order valence-electron chi connectivity index (χ1n) is 18.8. The van der Waals surface area contributed by atoms with E-state index in [4.69, 9.17) is 0 Å². The molecule has 3 nitrogen and oxygen atoms in total. The molecule has 4 aromatic carbocycles. The minimum absolute atomic E-state index is 0.405. The fourth-order valence-corrected chi connectivity index (χ4v) is 8.23. The number of rotatable bonds is 2. The largest absolute Gasteiger partial charge is 0.358 e. The standard InChI is InChI=1S/C23H25N.C9H9N.C9H10.C6H10O/c1-16-9-11-17(12-10-16)19-15-23(13-5-2-6-14-23)21-18-7-3-4-8-20(18)24-22(19)21;1-10-7-6-8-4-2-3-5-9(8)10;1-3-9-6-4-8(2)5-7-9;7-6-4-2-1-3-5-6/h3-4,7-12,19,24H,2,5-6,13-15H2,1H3;2-7H,1H3;3-7H,1H2,2H3;1-5H2. The predicted octanol–water partition coefficient (Wildman–Crippen LogP) is 12.5. The van der Waals surface area contributed by atoms with Gasteiger partial charge in [0, 0.05) is 54.1 Å². The second-order valence-corrected chi connectivity index (χ2v) is 14.7. The molecular formula is C47H54N2O. The second kappa shape index (κ2) is 16.4. The van der Waals surface area contributed by atoms with Gasteiger partial charge in [-0.05, 0) is 91.6 Å². The van der Waals surface area contributed by atoms with Crippen LogP contribution in [0.1, 0.15) is 110 Å². The molecule has 3 aliphatic rings. The summed E-state index contributed by atoms with van der Waals surface area (Å²) >= 11 is 0. The van der Waals surface area contributed by atoms with Crippen LogP contribution >= 0.6 is 0 Å². The number of fused-ring (bicyclic) bond motifs is 5. The lowest BCUT2D eigenvalue weighted by atomic mass is 9.69. The summed E-state index contributed by atoms with van der Waals surface area (Å²) in [7, 11) is 2.06. The number of aromatic amines is 1. The van der Waals surface area contributed by atoms with Crippen LogP contribution in [0.4, 0.5) is 0 Å². The molecule has 0 bridgehead atoms. The van der Waals surface area contributed by atoms with Crippen molar-refractivity contribution in [2.75, 3.05) is 0 Å². The molecular weight excluding hydrogens is 609 g/mol. The zero-order valence-electron chi connectivity index (χ0n) is 30.4. The van der Waals surface area contributed by atoms with Crippen LogP contribution in [0.25, 0.3) is 27.9 Å². The number of carbonyl (C=O) groups is 1. The summed E-state index contributed by atoms with van der Waals surface area (Å²) in [5, 5.41) is 2.79. The number of hydrogen-bond donors (Lipinski definition) is 1. The van der Waals surface area contributed by atoms with Crippen molar-refractivity contribution in [3.63, 3.8) is 0 Å². The fraction of sp³-hybridized carbons (Fsp3) is 0.340. The molecule has 1 atom stereocenters. The van der Waals surface area contributed by atoms with Crippen LogP contribution in [-0.4, -0.2) is 15.3 Å². The Morgan fingerprint density at radius 3 is 2.00 bits per heavy atom. The number of nitrogens with one attached hydrogen (secondary N) is 1. The molecule has 2 heterocycles. The van der Waals surface area contributed by atoms with Crippen LogP contribution in [0, 0.1) is 13.8 Å². The van der Waals surface area contributed by atoms with Crippen LogP contribution in [-0.2, 0) is 17.3 Å². The highest BCUT2D eigenvalue weighted by Crippen LogP contribution is 2.57. The van der Waals surface area contributed by atoms with Gasteiger partial charge in [0.25, 0.3) is 0 Å². The molecule has 2 saturated carbocycles. The van der Waals surface area contributed by atoms with E-state index in [1.807, 2.05) is 6.08 Å². The minimum Gasteiger partial charge on any atom is -0.358 e. The number of aryl methyl sites for hydroxylation is 3. The summed E-state index contributed by atoms with van der Waals surface area (Å²) in [6, 6.07) is 36.9. The number of ketones is 1. The van der Waals surface area contributed by atoms with Gasteiger partial charge in [-0.2, -0.15) is 0 Å². The number of hydrogen-bond acceptors (Lipinski definition) is 1. The Morgan fingerprint density at radius 1 is 0.740 bits per heavy atom. The van der Waals surface area contributed by atoms with E-state index < -0.39 is 0 Å². The van der Waals surface area contributed by atoms with Crippen molar-refractivity contribution in [1.29, 1.82) is 0 Å². The van der Waals surface area contributed by atoms with Gasteiger partial charge in [0.15, 0.2) is 0 Å². The third kappa shape index (κ3) is 8.21. The Hall–Kier alpha value is -4.63. The lowest BCUT2D eigenvalue weighted by Crippen LogP contribution is -2.26. The highest BCUT2D eigenvalue weighted by Gasteiger charge is 2.46. The van der Waals surface area contributed by atoms with E-state index in [1.54, 1.807) is 5.56 Å². The minimum atomic E-state index is 0.405. The van der Waals surface area contributed by atoms with E-state index in [1.165, 1.54) is 94.7 Å². The van der Waals surface area contributed by atoms with Crippen molar-refractivity contribution in [3.8, 4) is 0 Å². The highest BCUT2D eigenvalue weighted by atomic mass is 16.1. The van der Waals surface area contributed by atoms with Gasteiger partial charge in [-0.3, -0.25) is 4.79 Å². The third-order valence-electron chi connectivity index (χ3n) is 11.0. The maximum atomic E-state index is 10.5. The molecule has 0 saturated heterocycles. The van der Waals surface area contributed by atoms with Gasteiger partial charge < -0.3 is 9.55 Å². The summed E-state index contributed by atoms with van der Waals surface area (Å²) < 4.78 is 2.12. The van der Waals surface area contributed by atoms with Crippen LogP contribution in [0.5, 0.6) is 0 Å². The Bertz CT molecular complexity index is 1990. The molecule has 0 amide bonds. The van der Waals surface area contributed by atoms with Gasteiger partial charge in [0.05, 0.1) is 0 Å². The molecule has 0 aliphatic heterocycles. The van der Waals surface area contributed by atoms with E-state index >= 15 is 0 Å². The second-order valence-electron chi connectivity index (χ2n) is 14.7. The van der Waals surface area contributed by atoms with Crippen LogP contribution in [0.15, 0.2) is 116 Å². The smallest absolute Gasteiger partial charge is 0.132 e. The quantitative estimate of drug-likeness (QED) is 0.197. The summed E-state index contributed by atoms with van der Waals surface area (Å²) in [5.74, 6) is 0.998. The average Bonchev–Trinajstić information content (AvgIpc) is 3.82. The van der Waals surface area contributed by atoms with E-state index in [9.17, 15) is 4.79 Å². The molecule has 1 unspecified atom stereocenters. The fourth-order valence-electron chi connectivity index (χ4n) is 8.23. The summed E-state index contributed by atoms with van der Waals surface area (Å²) in [6.45, 7) is 7.91. The monoisotopic (exact) mass is 662 g/mol. The topological polar surface area (TPSA) is 37.8 Å². The van der Waals surface area contributed by atoms with Gasteiger partial charge in [0.1, 0.15) is 5.78 Å². The SMILES string of the molecule is C=Cc1ccc(C)cc1.Cc1ccc(C2CC3(CCCCC3)c3c2[nH]c2ccccc32)cc1.Cn1ccc2ccccc21.O=C1CCCCC1. The van der Waals surface area contributed by atoms with Crippen molar-refractivity contribution < 1.29 is 4.79 Å². The van der Waals surface area contributed by atoms with Crippen molar-refractivity contribution >= 4 is 33.7 Å². The summed E-state index contributed by atoms with van der Waals surface area (Å²) in [4.78, 5) is 14.3. The maximum Gasteiger partial charge on any atom is 0.132 e. The highest BCUT2D eigenvalue weighted by molar-refractivity contribution is 5.87. The maximum absolute atomic E-state index is 10.5. The van der Waals surface area contributed by atoms with E-state index in [0.29, 0.717) is 17.1 Å². The van der Waals surface area contributed by atoms with Crippen molar-refractivity contribution in [1.82, 2.24) is 9.55 Å². The lowest BCUT2D eigenvalue weighted by molar-refractivity contribution is -0.120. The van der Waals surface area contributed by atoms with Gasteiger partial charge in [-0.25, -0.2) is 0 Å². The van der Waals surface area contributed by atoms with E-state index in [-0.39, 0.29) is 0 Å². The van der Waals surface area contributed by atoms with Gasteiger partial charge in [0.2, 0.25) is 0 Å². The first kappa shape index (κ1) is 35.2. The van der Waals surface area contributed by atoms with E-state index in [2.05, 4.69) is 146 Å². The first-order valence-corrected chi connectivity index (χ1v) is 18.8. The molecule has 9 rings (SSSR count). The van der Waals surface area contributed by atoms with Crippen molar-refractivity contribution in [3.05, 3.63) is 149 Å². The number of aromatic nitrogens is 2. The number of para-hydroxylation sites is 2.